The zero-order valence-corrected chi connectivity index (χ0v) is 12.5. The third-order valence-corrected chi connectivity index (χ3v) is 3.49. The normalized spacial score (nSPS) is 10.6. The fourth-order valence-electron chi connectivity index (χ4n) is 2.20. The van der Waals surface area contributed by atoms with Crippen LogP contribution < -0.4 is 0 Å². The Morgan fingerprint density at radius 2 is 1.63 bits per heavy atom. The fraction of sp³-hybridized carbons (Fsp3) is 0.647. The summed E-state index contributed by atoms with van der Waals surface area (Å²) in [4.78, 5) is 16.1. The SMILES string of the molecule is CCCCCCCCCCC(=O)c1ccc(C)nc1. The second-order valence-corrected chi connectivity index (χ2v) is 5.34. The molecule has 1 aromatic heterocycles. The lowest BCUT2D eigenvalue weighted by molar-refractivity contribution is 0.0978. The van der Waals surface area contributed by atoms with Crippen molar-refractivity contribution in [2.45, 2.75) is 71.6 Å². The van der Waals surface area contributed by atoms with Crippen LogP contribution in [-0.2, 0) is 0 Å². The Morgan fingerprint density at radius 1 is 1.00 bits per heavy atom. The summed E-state index contributed by atoms with van der Waals surface area (Å²) in [5.41, 5.74) is 1.72. The average molecular weight is 261 g/mol. The van der Waals surface area contributed by atoms with Crippen molar-refractivity contribution in [2.75, 3.05) is 0 Å². The van der Waals surface area contributed by atoms with Gasteiger partial charge in [-0.3, -0.25) is 9.78 Å². The minimum absolute atomic E-state index is 0.235. The molecule has 1 rings (SSSR count). The Labute approximate surface area is 117 Å². The summed E-state index contributed by atoms with van der Waals surface area (Å²) in [5, 5.41) is 0. The summed E-state index contributed by atoms with van der Waals surface area (Å²) >= 11 is 0. The number of carbonyl (C=O) groups excluding carboxylic acids is 1. The van der Waals surface area contributed by atoms with Crippen LogP contribution in [0.4, 0.5) is 0 Å². The minimum Gasteiger partial charge on any atom is -0.294 e. The van der Waals surface area contributed by atoms with Gasteiger partial charge in [0.15, 0.2) is 5.78 Å². The summed E-state index contributed by atoms with van der Waals surface area (Å²) in [5.74, 6) is 0.235. The lowest BCUT2D eigenvalue weighted by Crippen LogP contribution is -2.00. The number of aromatic nitrogens is 1. The topological polar surface area (TPSA) is 30.0 Å². The van der Waals surface area contributed by atoms with E-state index in [0.717, 1.165) is 17.7 Å². The highest BCUT2D eigenvalue weighted by atomic mass is 16.1. The van der Waals surface area contributed by atoms with E-state index in [-0.39, 0.29) is 5.78 Å². The molecule has 2 heteroatoms. The van der Waals surface area contributed by atoms with Crippen molar-refractivity contribution in [1.29, 1.82) is 0 Å². The standard InChI is InChI=1S/C17H27NO/c1-3-4-5-6-7-8-9-10-11-17(19)16-13-12-15(2)18-14-16/h12-14H,3-11H2,1-2H3. The number of pyridine rings is 1. The van der Waals surface area contributed by atoms with Crippen LogP contribution >= 0.6 is 0 Å². The van der Waals surface area contributed by atoms with E-state index < -0.39 is 0 Å². The van der Waals surface area contributed by atoms with Crippen molar-refractivity contribution in [3.63, 3.8) is 0 Å². The number of carbonyl (C=O) groups is 1. The Morgan fingerprint density at radius 3 is 2.21 bits per heavy atom. The molecular formula is C17H27NO. The van der Waals surface area contributed by atoms with E-state index in [1.165, 1.54) is 44.9 Å². The molecule has 0 aliphatic carbocycles. The summed E-state index contributed by atoms with van der Waals surface area (Å²) in [7, 11) is 0. The van der Waals surface area contributed by atoms with Gasteiger partial charge in [-0.05, 0) is 25.5 Å². The van der Waals surface area contributed by atoms with Crippen LogP contribution in [0.3, 0.4) is 0 Å². The van der Waals surface area contributed by atoms with Crippen molar-refractivity contribution in [1.82, 2.24) is 4.98 Å². The number of unbranched alkanes of at least 4 members (excludes halogenated alkanes) is 7. The van der Waals surface area contributed by atoms with E-state index in [9.17, 15) is 4.79 Å². The molecule has 0 atom stereocenters. The van der Waals surface area contributed by atoms with E-state index >= 15 is 0 Å². The Hall–Kier alpha value is -1.18. The number of aryl methyl sites for hydroxylation is 1. The number of ketones is 1. The number of hydrogen-bond donors (Lipinski definition) is 0. The molecule has 0 bridgehead atoms. The van der Waals surface area contributed by atoms with Gasteiger partial charge in [-0.25, -0.2) is 0 Å². The first-order valence-electron chi connectivity index (χ1n) is 7.70. The van der Waals surface area contributed by atoms with E-state index in [2.05, 4.69) is 11.9 Å². The number of hydrogen-bond acceptors (Lipinski definition) is 2. The first kappa shape index (κ1) is 15.9. The summed E-state index contributed by atoms with van der Waals surface area (Å²) in [6, 6.07) is 3.79. The molecule has 0 saturated heterocycles. The van der Waals surface area contributed by atoms with Gasteiger partial charge in [0, 0.05) is 23.9 Å². The molecule has 1 heterocycles. The Balaban J connectivity index is 2.06. The molecule has 19 heavy (non-hydrogen) atoms. The lowest BCUT2D eigenvalue weighted by atomic mass is 10.0. The molecule has 0 saturated carbocycles. The highest BCUT2D eigenvalue weighted by molar-refractivity contribution is 5.95. The predicted octanol–water partition coefficient (Wildman–Crippen LogP) is 5.10. The molecular weight excluding hydrogens is 234 g/mol. The van der Waals surface area contributed by atoms with Crippen LogP contribution in [0, 0.1) is 6.92 Å². The van der Waals surface area contributed by atoms with Crippen LogP contribution in [-0.4, -0.2) is 10.8 Å². The maximum atomic E-state index is 11.9. The van der Waals surface area contributed by atoms with Crippen LogP contribution in [0.25, 0.3) is 0 Å². The molecule has 106 valence electrons. The van der Waals surface area contributed by atoms with Crippen molar-refractivity contribution in [3.8, 4) is 0 Å². The van der Waals surface area contributed by atoms with Crippen LogP contribution in [0.5, 0.6) is 0 Å². The quantitative estimate of drug-likeness (QED) is 0.433. The van der Waals surface area contributed by atoms with Gasteiger partial charge in [-0.1, -0.05) is 51.9 Å². The third kappa shape index (κ3) is 7.09. The monoisotopic (exact) mass is 261 g/mol. The van der Waals surface area contributed by atoms with E-state index in [1.807, 2.05) is 19.1 Å². The van der Waals surface area contributed by atoms with Gasteiger partial charge < -0.3 is 0 Å². The molecule has 0 unspecified atom stereocenters. The van der Waals surface area contributed by atoms with Crippen molar-refractivity contribution >= 4 is 5.78 Å². The highest BCUT2D eigenvalue weighted by Gasteiger charge is 2.05. The largest absolute Gasteiger partial charge is 0.294 e. The maximum absolute atomic E-state index is 11.9. The van der Waals surface area contributed by atoms with Gasteiger partial charge in [-0.15, -0.1) is 0 Å². The average Bonchev–Trinajstić information content (AvgIpc) is 2.42. The molecule has 0 aliphatic rings. The molecule has 0 radical (unpaired) electrons. The highest BCUT2D eigenvalue weighted by Crippen LogP contribution is 2.11. The first-order valence-corrected chi connectivity index (χ1v) is 7.70. The van der Waals surface area contributed by atoms with Gasteiger partial charge in [0.25, 0.3) is 0 Å². The molecule has 0 N–H and O–H groups in total. The Kier molecular flexibility index (Phi) is 8.11. The van der Waals surface area contributed by atoms with Crippen molar-refractivity contribution < 1.29 is 4.79 Å². The van der Waals surface area contributed by atoms with E-state index in [4.69, 9.17) is 0 Å². The van der Waals surface area contributed by atoms with Crippen LogP contribution in [0.1, 0.15) is 80.8 Å². The number of rotatable bonds is 10. The zero-order chi connectivity index (χ0) is 13.9. The van der Waals surface area contributed by atoms with Crippen molar-refractivity contribution in [3.05, 3.63) is 29.6 Å². The molecule has 1 aromatic rings. The molecule has 0 fully saturated rings. The van der Waals surface area contributed by atoms with Gasteiger partial charge >= 0.3 is 0 Å². The van der Waals surface area contributed by atoms with E-state index in [0.29, 0.717) is 6.42 Å². The fourth-order valence-corrected chi connectivity index (χ4v) is 2.20. The molecule has 0 spiro atoms. The number of Topliss-reactive ketones (excluding diaryl/α,β-unsaturated/α-hetero) is 1. The first-order chi connectivity index (χ1) is 9.24. The minimum atomic E-state index is 0.235. The third-order valence-electron chi connectivity index (χ3n) is 3.49. The summed E-state index contributed by atoms with van der Waals surface area (Å²) < 4.78 is 0. The molecule has 0 amide bonds. The van der Waals surface area contributed by atoms with Gasteiger partial charge in [0.05, 0.1) is 0 Å². The smallest absolute Gasteiger partial charge is 0.164 e. The second-order valence-electron chi connectivity index (χ2n) is 5.34. The Bertz CT molecular complexity index is 356. The zero-order valence-electron chi connectivity index (χ0n) is 12.5. The van der Waals surface area contributed by atoms with Crippen LogP contribution in [0.15, 0.2) is 18.3 Å². The van der Waals surface area contributed by atoms with Gasteiger partial charge in [-0.2, -0.15) is 0 Å². The van der Waals surface area contributed by atoms with E-state index in [1.54, 1.807) is 6.20 Å². The number of nitrogens with zero attached hydrogens (tertiary/aromatic N) is 1. The summed E-state index contributed by atoms with van der Waals surface area (Å²) in [6.07, 6.45) is 12.5. The van der Waals surface area contributed by atoms with Gasteiger partial charge in [0.2, 0.25) is 0 Å². The molecule has 0 aromatic carbocycles. The second kappa shape index (κ2) is 9.71. The lowest BCUT2D eigenvalue weighted by Gasteiger charge is -2.02. The molecule has 2 nitrogen and oxygen atoms in total. The summed E-state index contributed by atoms with van der Waals surface area (Å²) in [6.45, 7) is 4.18. The van der Waals surface area contributed by atoms with Crippen LogP contribution in [0.2, 0.25) is 0 Å². The maximum Gasteiger partial charge on any atom is 0.164 e. The molecule has 0 aliphatic heterocycles. The van der Waals surface area contributed by atoms with Gasteiger partial charge in [0.1, 0.15) is 0 Å². The predicted molar refractivity (Wildman–Crippen MR) is 80.5 cm³/mol. The van der Waals surface area contributed by atoms with Crippen molar-refractivity contribution in [2.24, 2.45) is 0 Å².